The highest BCUT2D eigenvalue weighted by atomic mass is 16.1. The summed E-state index contributed by atoms with van der Waals surface area (Å²) in [4.78, 5) is 11.9. The van der Waals surface area contributed by atoms with Gasteiger partial charge in [-0.25, -0.2) is 0 Å². The number of carbonyl (C=O) groups excluding carboxylic acids is 1. The van der Waals surface area contributed by atoms with Gasteiger partial charge in [-0.05, 0) is 30.2 Å². The van der Waals surface area contributed by atoms with Gasteiger partial charge in [0.15, 0.2) is 0 Å². The maximum absolute atomic E-state index is 11.9. The van der Waals surface area contributed by atoms with Crippen LogP contribution in [-0.2, 0) is 13.1 Å². The lowest BCUT2D eigenvalue weighted by Crippen LogP contribution is -2.12. The van der Waals surface area contributed by atoms with Crippen molar-refractivity contribution in [2.75, 3.05) is 0 Å². The van der Waals surface area contributed by atoms with Gasteiger partial charge in [0.25, 0.3) is 5.91 Å². The fourth-order valence-electron chi connectivity index (χ4n) is 3.34. The predicted octanol–water partition coefficient (Wildman–Crippen LogP) is 3.45. The number of hydrogen-bond donors (Lipinski definition) is 1. The van der Waals surface area contributed by atoms with Crippen LogP contribution in [0.3, 0.4) is 0 Å². The Morgan fingerprint density at radius 1 is 1.15 bits per heavy atom. The number of para-hydroxylation sites is 1. The quantitative estimate of drug-likeness (QED) is 0.755. The van der Waals surface area contributed by atoms with Crippen molar-refractivity contribution in [2.45, 2.75) is 26.4 Å². The Balaban J connectivity index is 2.19. The molecule has 0 saturated heterocycles. The summed E-state index contributed by atoms with van der Waals surface area (Å²) >= 11 is 0. The number of benzene rings is 2. The number of amides is 1. The first kappa shape index (κ1) is 11.5. The summed E-state index contributed by atoms with van der Waals surface area (Å²) in [7, 11) is 0. The predicted molar refractivity (Wildman–Crippen MR) is 80.9 cm³/mol. The SMILES string of the molecule is CCCn1c2ccccc2c2c3c(ccc21)C(=O)NC3. The smallest absolute Gasteiger partial charge is 0.251 e. The van der Waals surface area contributed by atoms with Crippen molar-refractivity contribution in [1.29, 1.82) is 0 Å². The number of nitrogens with one attached hydrogen (secondary N) is 1. The Kier molecular flexibility index (Phi) is 2.36. The van der Waals surface area contributed by atoms with Crippen LogP contribution in [-0.4, -0.2) is 10.5 Å². The molecule has 20 heavy (non-hydrogen) atoms. The van der Waals surface area contributed by atoms with E-state index in [1.807, 2.05) is 6.07 Å². The van der Waals surface area contributed by atoms with Crippen LogP contribution in [0.2, 0.25) is 0 Å². The molecule has 0 radical (unpaired) electrons. The Morgan fingerprint density at radius 3 is 2.85 bits per heavy atom. The van der Waals surface area contributed by atoms with Crippen LogP contribution >= 0.6 is 0 Å². The number of rotatable bonds is 2. The monoisotopic (exact) mass is 264 g/mol. The molecular weight excluding hydrogens is 248 g/mol. The van der Waals surface area contributed by atoms with Gasteiger partial charge in [0, 0.05) is 40.5 Å². The van der Waals surface area contributed by atoms with Crippen molar-refractivity contribution < 1.29 is 4.79 Å². The van der Waals surface area contributed by atoms with Gasteiger partial charge in [0.1, 0.15) is 0 Å². The summed E-state index contributed by atoms with van der Waals surface area (Å²) in [5.41, 5.74) is 4.48. The Hall–Kier alpha value is -2.29. The molecule has 0 fully saturated rings. The molecule has 100 valence electrons. The van der Waals surface area contributed by atoms with E-state index in [9.17, 15) is 4.79 Å². The fourth-order valence-corrected chi connectivity index (χ4v) is 3.34. The molecule has 1 amide bonds. The molecular formula is C17H16N2O. The summed E-state index contributed by atoms with van der Waals surface area (Å²) in [5, 5.41) is 5.43. The molecule has 0 unspecified atom stereocenters. The highest BCUT2D eigenvalue weighted by Crippen LogP contribution is 2.35. The average Bonchev–Trinajstić information content (AvgIpc) is 3.00. The van der Waals surface area contributed by atoms with E-state index < -0.39 is 0 Å². The minimum absolute atomic E-state index is 0.0502. The van der Waals surface area contributed by atoms with Crippen LogP contribution in [0.25, 0.3) is 21.8 Å². The third-order valence-electron chi connectivity index (χ3n) is 4.16. The summed E-state index contributed by atoms with van der Waals surface area (Å²) in [6, 6.07) is 12.5. The van der Waals surface area contributed by atoms with Crippen molar-refractivity contribution in [3.8, 4) is 0 Å². The molecule has 1 aromatic heterocycles. The van der Waals surface area contributed by atoms with E-state index in [-0.39, 0.29) is 5.91 Å². The van der Waals surface area contributed by atoms with E-state index >= 15 is 0 Å². The van der Waals surface area contributed by atoms with Crippen molar-refractivity contribution in [2.24, 2.45) is 0 Å². The molecule has 0 spiro atoms. The van der Waals surface area contributed by atoms with E-state index in [0.29, 0.717) is 6.54 Å². The largest absolute Gasteiger partial charge is 0.348 e. The van der Waals surface area contributed by atoms with Gasteiger partial charge >= 0.3 is 0 Å². The number of nitrogens with zero attached hydrogens (tertiary/aromatic N) is 1. The molecule has 3 nitrogen and oxygen atoms in total. The van der Waals surface area contributed by atoms with Crippen LogP contribution in [0, 0.1) is 0 Å². The van der Waals surface area contributed by atoms with Crippen LogP contribution in [0.15, 0.2) is 36.4 Å². The molecule has 3 heteroatoms. The van der Waals surface area contributed by atoms with Gasteiger partial charge in [-0.15, -0.1) is 0 Å². The summed E-state index contributed by atoms with van der Waals surface area (Å²) in [5.74, 6) is 0.0502. The highest BCUT2D eigenvalue weighted by molar-refractivity contribution is 6.14. The van der Waals surface area contributed by atoms with Crippen molar-refractivity contribution in [3.05, 3.63) is 47.5 Å². The lowest BCUT2D eigenvalue weighted by molar-refractivity contribution is 0.0966. The van der Waals surface area contributed by atoms with E-state index in [0.717, 1.165) is 24.1 Å². The van der Waals surface area contributed by atoms with Gasteiger partial charge in [-0.2, -0.15) is 0 Å². The van der Waals surface area contributed by atoms with Crippen LogP contribution < -0.4 is 5.32 Å². The molecule has 1 aliphatic heterocycles. The number of fused-ring (bicyclic) bond motifs is 5. The first-order valence-corrected chi connectivity index (χ1v) is 7.12. The lowest BCUT2D eigenvalue weighted by Gasteiger charge is -2.05. The number of aromatic nitrogens is 1. The highest BCUT2D eigenvalue weighted by Gasteiger charge is 2.23. The zero-order chi connectivity index (χ0) is 13.7. The van der Waals surface area contributed by atoms with Crippen molar-refractivity contribution in [3.63, 3.8) is 0 Å². The average molecular weight is 264 g/mol. The molecule has 2 aromatic carbocycles. The van der Waals surface area contributed by atoms with Crippen molar-refractivity contribution >= 4 is 27.7 Å². The summed E-state index contributed by atoms with van der Waals surface area (Å²) < 4.78 is 2.37. The molecule has 4 rings (SSSR count). The molecule has 0 aliphatic carbocycles. The molecule has 3 aromatic rings. The molecule has 1 N–H and O–H groups in total. The zero-order valence-corrected chi connectivity index (χ0v) is 11.4. The maximum atomic E-state index is 11.9. The van der Waals surface area contributed by atoms with Gasteiger partial charge < -0.3 is 9.88 Å². The summed E-state index contributed by atoms with van der Waals surface area (Å²) in [6.07, 6.45) is 1.10. The molecule has 1 aliphatic rings. The summed E-state index contributed by atoms with van der Waals surface area (Å²) in [6.45, 7) is 3.84. The lowest BCUT2D eigenvalue weighted by atomic mass is 10.0. The number of hydrogen-bond acceptors (Lipinski definition) is 1. The minimum atomic E-state index is 0.0502. The second-order valence-corrected chi connectivity index (χ2v) is 5.34. The fraction of sp³-hybridized carbons (Fsp3) is 0.235. The topological polar surface area (TPSA) is 34.0 Å². The number of aryl methyl sites for hydroxylation is 1. The van der Waals surface area contributed by atoms with Gasteiger partial charge in [0.2, 0.25) is 0 Å². The first-order chi connectivity index (χ1) is 9.81. The van der Waals surface area contributed by atoms with Crippen LogP contribution in [0.4, 0.5) is 0 Å². The normalized spacial score (nSPS) is 13.9. The van der Waals surface area contributed by atoms with Crippen LogP contribution in [0.5, 0.6) is 0 Å². The molecule has 0 bridgehead atoms. The van der Waals surface area contributed by atoms with Gasteiger partial charge in [-0.1, -0.05) is 25.1 Å². The molecule has 2 heterocycles. The Morgan fingerprint density at radius 2 is 2.00 bits per heavy atom. The van der Waals surface area contributed by atoms with E-state index in [1.165, 1.54) is 21.8 Å². The van der Waals surface area contributed by atoms with E-state index in [4.69, 9.17) is 0 Å². The maximum Gasteiger partial charge on any atom is 0.251 e. The number of carbonyl (C=O) groups is 1. The van der Waals surface area contributed by atoms with Gasteiger partial charge in [0.05, 0.1) is 0 Å². The Labute approximate surface area is 117 Å². The third kappa shape index (κ3) is 1.38. The third-order valence-corrected chi connectivity index (χ3v) is 4.16. The van der Waals surface area contributed by atoms with Gasteiger partial charge in [-0.3, -0.25) is 4.79 Å². The standard InChI is InChI=1S/C17H16N2O/c1-2-9-19-14-6-4-3-5-12(14)16-13-10-18-17(20)11(13)7-8-15(16)19/h3-8H,2,9-10H2,1H3,(H,18,20). The van der Waals surface area contributed by atoms with E-state index in [2.05, 4.69) is 47.1 Å². The zero-order valence-electron chi connectivity index (χ0n) is 11.4. The first-order valence-electron chi connectivity index (χ1n) is 7.12. The minimum Gasteiger partial charge on any atom is -0.348 e. The van der Waals surface area contributed by atoms with Crippen LogP contribution in [0.1, 0.15) is 29.3 Å². The van der Waals surface area contributed by atoms with E-state index in [1.54, 1.807) is 0 Å². The molecule has 0 saturated carbocycles. The second kappa shape index (κ2) is 4.10. The Bertz CT molecular complexity index is 845. The van der Waals surface area contributed by atoms with Crippen molar-refractivity contribution in [1.82, 2.24) is 9.88 Å². The molecule has 0 atom stereocenters. The second-order valence-electron chi connectivity index (χ2n) is 5.34.